The van der Waals surface area contributed by atoms with Gasteiger partial charge in [0.25, 0.3) is 0 Å². The number of piperazine rings is 1. The Bertz CT molecular complexity index is 673. The van der Waals surface area contributed by atoms with Crippen LogP contribution in [0, 0.1) is 0 Å². The summed E-state index contributed by atoms with van der Waals surface area (Å²) in [6.45, 7) is 5.09. The van der Waals surface area contributed by atoms with Crippen molar-refractivity contribution < 1.29 is 9.21 Å². The highest BCUT2D eigenvalue weighted by atomic mass is 32.1. The first kappa shape index (κ1) is 15.8. The highest BCUT2D eigenvalue weighted by Crippen LogP contribution is 2.24. The van der Waals surface area contributed by atoms with Crippen molar-refractivity contribution in [1.82, 2.24) is 20.1 Å². The molecule has 3 heterocycles. The molecular weight excluding hydrogens is 324 g/mol. The van der Waals surface area contributed by atoms with Crippen LogP contribution in [-0.2, 0) is 11.3 Å². The van der Waals surface area contributed by atoms with Gasteiger partial charge in [0.05, 0.1) is 17.1 Å². The van der Waals surface area contributed by atoms with Gasteiger partial charge in [-0.2, -0.15) is 0 Å². The van der Waals surface area contributed by atoms with E-state index in [9.17, 15) is 4.79 Å². The Morgan fingerprint density at radius 2 is 2.08 bits per heavy atom. The molecule has 0 radical (unpaired) electrons. The zero-order chi connectivity index (χ0) is 16.4. The first-order valence-corrected chi connectivity index (χ1v) is 9.36. The van der Waals surface area contributed by atoms with Gasteiger partial charge in [0.15, 0.2) is 0 Å². The third-order valence-electron chi connectivity index (χ3n) is 4.44. The zero-order valence-electron chi connectivity index (χ0n) is 13.6. The maximum Gasteiger partial charge on any atom is 0.236 e. The molecule has 1 aliphatic carbocycles. The lowest BCUT2D eigenvalue weighted by Gasteiger charge is -2.33. The monoisotopic (exact) mass is 346 g/mol. The van der Waals surface area contributed by atoms with Crippen LogP contribution in [0.1, 0.15) is 18.5 Å². The van der Waals surface area contributed by atoms with Crippen molar-refractivity contribution in [2.24, 2.45) is 0 Å². The Balaban J connectivity index is 1.23. The summed E-state index contributed by atoms with van der Waals surface area (Å²) in [6.07, 6.45) is 4.04. The highest BCUT2D eigenvalue weighted by molar-refractivity contribution is 7.13. The molecule has 128 valence electrons. The van der Waals surface area contributed by atoms with Crippen LogP contribution in [0.2, 0.25) is 0 Å². The molecule has 6 nitrogen and oxygen atoms in total. The molecule has 4 rings (SSSR count). The lowest BCUT2D eigenvalue weighted by Crippen LogP contribution is -2.49. The minimum absolute atomic E-state index is 0.169. The van der Waals surface area contributed by atoms with E-state index < -0.39 is 0 Å². The summed E-state index contributed by atoms with van der Waals surface area (Å²) < 4.78 is 5.58. The van der Waals surface area contributed by atoms with Crippen LogP contribution in [0.5, 0.6) is 0 Å². The first-order valence-electron chi connectivity index (χ1n) is 8.48. The third-order valence-corrected chi connectivity index (χ3v) is 5.30. The second-order valence-electron chi connectivity index (χ2n) is 6.52. The van der Waals surface area contributed by atoms with Gasteiger partial charge >= 0.3 is 0 Å². The Kier molecular flexibility index (Phi) is 4.64. The number of nitrogens with zero attached hydrogens (tertiary/aromatic N) is 3. The van der Waals surface area contributed by atoms with Crippen molar-refractivity contribution in [2.75, 3.05) is 32.7 Å². The smallest absolute Gasteiger partial charge is 0.236 e. The molecule has 2 fully saturated rings. The zero-order valence-corrected chi connectivity index (χ0v) is 14.4. The van der Waals surface area contributed by atoms with Crippen molar-refractivity contribution in [1.29, 1.82) is 0 Å². The van der Waals surface area contributed by atoms with Crippen molar-refractivity contribution in [3.8, 4) is 10.8 Å². The Morgan fingerprint density at radius 1 is 1.29 bits per heavy atom. The molecule has 0 atom stereocenters. The van der Waals surface area contributed by atoms with Gasteiger partial charge in [-0.05, 0) is 24.3 Å². The minimum atomic E-state index is 0.169. The molecule has 2 aromatic heterocycles. The summed E-state index contributed by atoms with van der Waals surface area (Å²) >= 11 is 1.64. The summed E-state index contributed by atoms with van der Waals surface area (Å²) in [5.74, 6) is 0.874. The lowest BCUT2D eigenvalue weighted by molar-refractivity contribution is -0.122. The summed E-state index contributed by atoms with van der Waals surface area (Å²) in [7, 11) is 0. The van der Waals surface area contributed by atoms with Gasteiger partial charge in [0.2, 0.25) is 11.8 Å². The van der Waals surface area contributed by atoms with Crippen LogP contribution < -0.4 is 5.32 Å². The van der Waals surface area contributed by atoms with E-state index in [2.05, 4.69) is 20.1 Å². The molecule has 0 bridgehead atoms. The van der Waals surface area contributed by atoms with Crippen LogP contribution in [-0.4, -0.2) is 59.5 Å². The lowest BCUT2D eigenvalue weighted by atomic mass is 10.3. The molecule has 24 heavy (non-hydrogen) atoms. The van der Waals surface area contributed by atoms with E-state index in [-0.39, 0.29) is 5.91 Å². The molecule has 1 amide bonds. The van der Waals surface area contributed by atoms with Gasteiger partial charge in [-0.1, -0.05) is 6.07 Å². The van der Waals surface area contributed by atoms with Gasteiger partial charge in [0.1, 0.15) is 6.26 Å². The number of amides is 1. The van der Waals surface area contributed by atoms with Gasteiger partial charge in [0, 0.05) is 38.8 Å². The molecule has 2 aromatic rings. The van der Waals surface area contributed by atoms with E-state index in [4.69, 9.17) is 4.42 Å². The number of hydrogen-bond acceptors (Lipinski definition) is 6. The van der Waals surface area contributed by atoms with E-state index in [1.54, 1.807) is 17.6 Å². The van der Waals surface area contributed by atoms with E-state index in [0.29, 0.717) is 18.5 Å². The second kappa shape index (κ2) is 7.04. The number of nitrogens with one attached hydrogen (secondary N) is 1. The predicted molar refractivity (Wildman–Crippen MR) is 92.7 cm³/mol. The molecule has 1 aliphatic heterocycles. The summed E-state index contributed by atoms with van der Waals surface area (Å²) in [5, 5.41) is 5.08. The average molecular weight is 346 g/mol. The number of hydrogen-bond donors (Lipinski definition) is 1. The fourth-order valence-electron chi connectivity index (χ4n) is 2.93. The molecule has 7 heteroatoms. The average Bonchev–Trinajstić information content (AvgIpc) is 3.04. The standard InChI is InChI=1S/C17H22N4O2S/c22-16(18-13-3-4-13)11-21-7-5-20(6-8-21)10-14-12-23-17(19-14)15-2-1-9-24-15/h1-2,9,12-13H,3-8,10-11H2,(H,18,22). The molecule has 1 saturated carbocycles. The topological polar surface area (TPSA) is 61.6 Å². The number of thiophene rings is 1. The largest absolute Gasteiger partial charge is 0.444 e. The van der Waals surface area contributed by atoms with Gasteiger partial charge in [-0.25, -0.2) is 4.98 Å². The molecule has 2 aliphatic rings. The summed E-state index contributed by atoms with van der Waals surface area (Å²) in [4.78, 5) is 22.1. The van der Waals surface area contributed by atoms with Crippen molar-refractivity contribution in [3.05, 3.63) is 29.5 Å². The van der Waals surface area contributed by atoms with Gasteiger partial charge in [-0.3, -0.25) is 14.6 Å². The molecule has 0 spiro atoms. The van der Waals surface area contributed by atoms with Crippen LogP contribution in [0.15, 0.2) is 28.2 Å². The second-order valence-corrected chi connectivity index (χ2v) is 7.46. The fourth-order valence-corrected chi connectivity index (χ4v) is 3.59. The maximum atomic E-state index is 11.9. The molecular formula is C17H22N4O2S. The normalized spacial score (nSPS) is 19.5. The fraction of sp³-hybridized carbons (Fsp3) is 0.529. The first-order chi connectivity index (χ1) is 11.8. The Morgan fingerprint density at radius 3 is 2.79 bits per heavy atom. The van der Waals surface area contributed by atoms with Crippen LogP contribution in [0.25, 0.3) is 10.8 Å². The number of carbonyl (C=O) groups excluding carboxylic acids is 1. The third kappa shape index (κ3) is 4.03. The number of rotatable bonds is 6. The number of oxazole rings is 1. The quantitative estimate of drug-likeness (QED) is 0.864. The molecule has 0 unspecified atom stereocenters. The van der Waals surface area contributed by atoms with Crippen LogP contribution >= 0.6 is 11.3 Å². The molecule has 1 saturated heterocycles. The minimum Gasteiger partial charge on any atom is -0.444 e. The van der Waals surface area contributed by atoms with E-state index in [1.807, 2.05) is 17.5 Å². The van der Waals surface area contributed by atoms with Crippen LogP contribution in [0.4, 0.5) is 0 Å². The number of aromatic nitrogens is 1. The maximum absolute atomic E-state index is 11.9. The molecule has 1 N–H and O–H groups in total. The molecule has 0 aromatic carbocycles. The van der Waals surface area contributed by atoms with Crippen molar-refractivity contribution in [3.63, 3.8) is 0 Å². The SMILES string of the molecule is O=C(CN1CCN(Cc2coc(-c3cccs3)n2)CC1)NC1CC1. The van der Waals surface area contributed by atoms with E-state index >= 15 is 0 Å². The van der Waals surface area contributed by atoms with Crippen molar-refractivity contribution in [2.45, 2.75) is 25.4 Å². The van der Waals surface area contributed by atoms with E-state index in [1.165, 1.54) is 0 Å². The van der Waals surface area contributed by atoms with Crippen molar-refractivity contribution >= 4 is 17.2 Å². The van der Waals surface area contributed by atoms with E-state index in [0.717, 1.165) is 56.1 Å². The van der Waals surface area contributed by atoms with Crippen LogP contribution in [0.3, 0.4) is 0 Å². The summed E-state index contributed by atoms with van der Waals surface area (Å²) in [5.41, 5.74) is 0.971. The van der Waals surface area contributed by atoms with Gasteiger partial charge < -0.3 is 9.73 Å². The van der Waals surface area contributed by atoms with Gasteiger partial charge in [-0.15, -0.1) is 11.3 Å². The Hall–Kier alpha value is -1.70. The summed E-state index contributed by atoms with van der Waals surface area (Å²) in [6, 6.07) is 4.47. The highest BCUT2D eigenvalue weighted by Gasteiger charge is 2.25. The number of carbonyl (C=O) groups is 1. The Labute approximate surface area is 145 Å². The predicted octanol–water partition coefficient (Wildman–Crippen LogP) is 1.80.